The van der Waals surface area contributed by atoms with E-state index in [2.05, 4.69) is 5.48 Å². The molecule has 4 nitrogen and oxygen atoms in total. The van der Waals surface area contributed by atoms with Crippen molar-refractivity contribution in [2.24, 2.45) is 0 Å². The third kappa shape index (κ3) is 3.15. The first kappa shape index (κ1) is 13.2. The summed E-state index contributed by atoms with van der Waals surface area (Å²) in [5.41, 5.74) is 3.83. The van der Waals surface area contributed by atoms with E-state index in [0.29, 0.717) is 11.9 Å². The number of phenols is 1. The molecule has 0 heterocycles. The van der Waals surface area contributed by atoms with Crippen molar-refractivity contribution in [3.05, 3.63) is 23.8 Å². The number of rotatable bonds is 5. The molecule has 100 valence electrons. The van der Waals surface area contributed by atoms with Gasteiger partial charge in [-0.2, -0.15) is 5.48 Å². The van der Waals surface area contributed by atoms with Gasteiger partial charge in [0.1, 0.15) is 11.5 Å². The van der Waals surface area contributed by atoms with Gasteiger partial charge in [-0.1, -0.05) is 18.9 Å². The van der Waals surface area contributed by atoms with Crippen LogP contribution in [0.15, 0.2) is 18.2 Å². The third-order valence-corrected chi connectivity index (χ3v) is 3.42. The minimum atomic E-state index is -0.0449. The fourth-order valence-electron chi connectivity index (χ4n) is 2.28. The molecule has 4 heteroatoms. The average molecular weight is 251 g/mol. The molecule has 1 fully saturated rings. The van der Waals surface area contributed by atoms with E-state index in [1.165, 1.54) is 12.8 Å². The first-order valence-corrected chi connectivity index (χ1v) is 6.49. The van der Waals surface area contributed by atoms with Crippen LogP contribution in [0.3, 0.4) is 0 Å². The molecule has 1 saturated carbocycles. The summed E-state index contributed by atoms with van der Waals surface area (Å²) in [6.07, 6.45) is 5.04. The topological polar surface area (TPSA) is 50.7 Å². The zero-order valence-electron chi connectivity index (χ0n) is 11.0. The number of aromatic hydroxyl groups is 1. The first-order valence-electron chi connectivity index (χ1n) is 6.49. The molecule has 2 N–H and O–H groups in total. The summed E-state index contributed by atoms with van der Waals surface area (Å²) >= 11 is 0. The standard InChI is InChI=1S/C14H21NO3/c1-10(15-18-11-5-3-4-6-11)13-8-7-12(17-2)9-14(13)16/h7-11,15-16H,3-6H2,1-2H3. The molecule has 0 amide bonds. The van der Waals surface area contributed by atoms with Gasteiger partial charge < -0.3 is 9.84 Å². The van der Waals surface area contributed by atoms with Gasteiger partial charge in [-0.05, 0) is 25.8 Å². The van der Waals surface area contributed by atoms with E-state index in [1.807, 2.05) is 19.1 Å². The van der Waals surface area contributed by atoms with Crippen LogP contribution >= 0.6 is 0 Å². The highest BCUT2D eigenvalue weighted by Crippen LogP contribution is 2.29. The minimum absolute atomic E-state index is 0.0449. The van der Waals surface area contributed by atoms with Crippen molar-refractivity contribution in [3.8, 4) is 11.5 Å². The van der Waals surface area contributed by atoms with Crippen molar-refractivity contribution in [2.45, 2.75) is 44.8 Å². The van der Waals surface area contributed by atoms with E-state index in [0.717, 1.165) is 18.4 Å². The summed E-state index contributed by atoms with van der Waals surface area (Å²) in [6, 6.07) is 5.26. The Morgan fingerprint density at radius 1 is 1.33 bits per heavy atom. The highest BCUT2D eigenvalue weighted by Gasteiger charge is 2.18. The third-order valence-electron chi connectivity index (χ3n) is 3.42. The molecular weight excluding hydrogens is 230 g/mol. The Morgan fingerprint density at radius 2 is 2.06 bits per heavy atom. The van der Waals surface area contributed by atoms with Gasteiger partial charge in [0, 0.05) is 11.6 Å². The highest BCUT2D eigenvalue weighted by atomic mass is 16.7. The molecule has 0 bridgehead atoms. The van der Waals surface area contributed by atoms with Crippen molar-refractivity contribution in [2.75, 3.05) is 7.11 Å². The van der Waals surface area contributed by atoms with Gasteiger partial charge in [-0.25, -0.2) is 0 Å². The predicted octanol–water partition coefficient (Wildman–Crippen LogP) is 2.93. The lowest BCUT2D eigenvalue weighted by molar-refractivity contribution is -0.0380. The number of nitrogens with one attached hydrogen (secondary N) is 1. The molecule has 1 atom stereocenters. The maximum atomic E-state index is 9.91. The summed E-state index contributed by atoms with van der Waals surface area (Å²) in [5, 5.41) is 9.91. The van der Waals surface area contributed by atoms with Crippen LogP contribution in [0.5, 0.6) is 11.5 Å². The van der Waals surface area contributed by atoms with Crippen LogP contribution < -0.4 is 10.2 Å². The number of hydrogen-bond acceptors (Lipinski definition) is 4. The lowest BCUT2D eigenvalue weighted by Crippen LogP contribution is -2.24. The Balaban J connectivity index is 1.93. The number of hydroxylamine groups is 1. The fraction of sp³-hybridized carbons (Fsp3) is 0.571. The normalized spacial score (nSPS) is 17.9. The molecule has 1 aliphatic rings. The van der Waals surface area contributed by atoms with Crippen LogP contribution in [0.1, 0.15) is 44.2 Å². The highest BCUT2D eigenvalue weighted by molar-refractivity contribution is 5.41. The second-order valence-corrected chi connectivity index (χ2v) is 4.79. The minimum Gasteiger partial charge on any atom is -0.507 e. The number of ether oxygens (including phenoxy) is 1. The largest absolute Gasteiger partial charge is 0.507 e. The van der Waals surface area contributed by atoms with E-state index >= 15 is 0 Å². The lowest BCUT2D eigenvalue weighted by atomic mass is 10.1. The molecule has 0 radical (unpaired) electrons. The smallest absolute Gasteiger partial charge is 0.124 e. The Morgan fingerprint density at radius 3 is 2.67 bits per heavy atom. The second-order valence-electron chi connectivity index (χ2n) is 4.79. The fourth-order valence-corrected chi connectivity index (χ4v) is 2.28. The zero-order chi connectivity index (χ0) is 13.0. The summed E-state index contributed by atoms with van der Waals surface area (Å²) in [7, 11) is 1.58. The van der Waals surface area contributed by atoms with Gasteiger partial charge in [-0.15, -0.1) is 0 Å². The maximum absolute atomic E-state index is 9.91. The molecule has 0 spiro atoms. The molecule has 0 aromatic heterocycles. The maximum Gasteiger partial charge on any atom is 0.124 e. The summed E-state index contributed by atoms with van der Waals surface area (Å²) in [4.78, 5) is 5.64. The van der Waals surface area contributed by atoms with Gasteiger partial charge in [0.05, 0.1) is 19.3 Å². The van der Waals surface area contributed by atoms with E-state index in [1.54, 1.807) is 13.2 Å². The zero-order valence-corrected chi connectivity index (χ0v) is 11.0. The second kappa shape index (κ2) is 6.07. The van der Waals surface area contributed by atoms with Crippen LogP contribution in [0.25, 0.3) is 0 Å². The number of methoxy groups -OCH3 is 1. The van der Waals surface area contributed by atoms with Crippen LogP contribution in [-0.4, -0.2) is 18.3 Å². The van der Waals surface area contributed by atoms with Crippen molar-refractivity contribution in [1.29, 1.82) is 0 Å². The van der Waals surface area contributed by atoms with Crippen molar-refractivity contribution >= 4 is 0 Å². The summed E-state index contributed by atoms with van der Waals surface area (Å²) in [5.74, 6) is 0.879. The van der Waals surface area contributed by atoms with Crippen LogP contribution in [0, 0.1) is 0 Å². The molecule has 2 rings (SSSR count). The number of phenolic OH excluding ortho intramolecular Hbond substituents is 1. The van der Waals surface area contributed by atoms with Crippen molar-refractivity contribution < 1.29 is 14.7 Å². The van der Waals surface area contributed by atoms with Gasteiger partial charge in [0.25, 0.3) is 0 Å². The Hall–Kier alpha value is -1.26. The molecule has 1 aromatic carbocycles. The van der Waals surface area contributed by atoms with E-state index in [4.69, 9.17) is 9.57 Å². The Kier molecular flexibility index (Phi) is 4.44. The monoisotopic (exact) mass is 251 g/mol. The SMILES string of the molecule is COc1ccc(C(C)NOC2CCCC2)c(O)c1. The number of hydrogen-bond donors (Lipinski definition) is 2. The Bertz CT molecular complexity index is 389. The number of benzene rings is 1. The van der Waals surface area contributed by atoms with Gasteiger partial charge in [0.15, 0.2) is 0 Å². The molecule has 0 saturated heterocycles. The van der Waals surface area contributed by atoms with Crippen LogP contribution in [-0.2, 0) is 4.84 Å². The Labute approximate surface area is 108 Å². The quantitative estimate of drug-likeness (QED) is 0.790. The molecule has 18 heavy (non-hydrogen) atoms. The molecular formula is C14H21NO3. The van der Waals surface area contributed by atoms with Crippen LogP contribution in [0.4, 0.5) is 0 Å². The molecule has 1 unspecified atom stereocenters. The van der Waals surface area contributed by atoms with Crippen molar-refractivity contribution in [3.63, 3.8) is 0 Å². The van der Waals surface area contributed by atoms with Gasteiger partial charge >= 0.3 is 0 Å². The van der Waals surface area contributed by atoms with E-state index < -0.39 is 0 Å². The average Bonchev–Trinajstić information content (AvgIpc) is 2.88. The summed E-state index contributed by atoms with van der Waals surface area (Å²) in [6.45, 7) is 1.97. The van der Waals surface area contributed by atoms with Gasteiger partial charge in [-0.3, -0.25) is 4.84 Å². The predicted molar refractivity (Wildman–Crippen MR) is 69.6 cm³/mol. The summed E-state index contributed by atoms with van der Waals surface area (Å²) < 4.78 is 5.06. The van der Waals surface area contributed by atoms with Crippen LogP contribution in [0.2, 0.25) is 0 Å². The van der Waals surface area contributed by atoms with E-state index in [9.17, 15) is 5.11 Å². The lowest BCUT2D eigenvalue weighted by Gasteiger charge is -2.19. The van der Waals surface area contributed by atoms with Crippen molar-refractivity contribution in [1.82, 2.24) is 5.48 Å². The first-order chi connectivity index (χ1) is 8.70. The molecule has 1 aromatic rings. The molecule has 0 aliphatic heterocycles. The van der Waals surface area contributed by atoms with E-state index in [-0.39, 0.29) is 11.8 Å². The van der Waals surface area contributed by atoms with Gasteiger partial charge in [0.2, 0.25) is 0 Å². The molecule has 1 aliphatic carbocycles.